The first-order chi connectivity index (χ1) is 25.0. The summed E-state index contributed by atoms with van der Waals surface area (Å²) in [5.74, 6) is -0.573. The van der Waals surface area contributed by atoms with Gasteiger partial charge >= 0.3 is 0 Å². The Morgan fingerprint density at radius 1 is 1.10 bits per heavy atom. The summed E-state index contributed by atoms with van der Waals surface area (Å²) in [5.41, 5.74) is 7.97. The lowest BCUT2D eigenvalue weighted by Crippen LogP contribution is -2.52. The molecule has 3 aromatic carbocycles. The average Bonchev–Trinajstić information content (AvgIpc) is 3.78. The standard InChI is InChI=1S/C41H43FN6O4/c1-24(13-17-44-34-21-32-29(19-33(34)42)22-48(40(32)51)35-11-12-37(49)45-39(35)50)14-18-47(31-9-7-30(8-10-31)41(23-43)15-16-41)36-20-28(6-5-25(36)2)38-26(3)46-52-27(38)4/h5-10,19-21,24,35,44H,11-18,22H2,1-4H3,(H,45,49,50). The van der Waals surface area contributed by atoms with Crippen LogP contribution >= 0.6 is 0 Å². The van der Waals surface area contributed by atoms with E-state index in [0.29, 0.717) is 17.7 Å². The molecule has 1 aromatic heterocycles. The Morgan fingerprint density at radius 2 is 1.87 bits per heavy atom. The Bertz CT molecular complexity index is 2080. The molecule has 1 aliphatic carbocycles. The maximum absolute atomic E-state index is 15.2. The average molecular weight is 703 g/mol. The van der Waals surface area contributed by atoms with E-state index in [9.17, 15) is 19.6 Å². The second-order valence-corrected chi connectivity index (χ2v) is 14.6. The van der Waals surface area contributed by atoms with Gasteiger partial charge in [-0.25, -0.2) is 4.39 Å². The molecule has 11 heteroatoms. The summed E-state index contributed by atoms with van der Waals surface area (Å²) in [4.78, 5) is 41.0. The van der Waals surface area contributed by atoms with Crippen LogP contribution in [-0.4, -0.2) is 46.9 Å². The fourth-order valence-electron chi connectivity index (χ4n) is 7.56. The van der Waals surface area contributed by atoms with E-state index in [2.05, 4.69) is 83.1 Å². The van der Waals surface area contributed by atoms with Crippen molar-refractivity contribution >= 4 is 34.8 Å². The highest BCUT2D eigenvalue weighted by Crippen LogP contribution is 2.48. The van der Waals surface area contributed by atoms with Gasteiger partial charge in [-0.1, -0.05) is 36.3 Å². The van der Waals surface area contributed by atoms with Gasteiger partial charge in [0.2, 0.25) is 11.8 Å². The van der Waals surface area contributed by atoms with Crippen LogP contribution in [0.5, 0.6) is 0 Å². The number of halogens is 1. The number of imide groups is 1. The predicted molar refractivity (Wildman–Crippen MR) is 195 cm³/mol. The van der Waals surface area contributed by atoms with Crippen LogP contribution in [0.15, 0.2) is 59.1 Å². The molecule has 0 bridgehead atoms. The number of carbonyl (C=O) groups is 3. The molecular formula is C41H43FN6O4. The van der Waals surface area contributed by atoms with Gasteiger partial charge in [-0.05, 0) is 111 Å². The van der Waals surface area contributed by atoms with Gasteiger partial charge in [0.15, 0.2) is 0 Å². The molecule has 3 heterocycles. The highest BCUT2D eigenvalue weighted by atomic mass is 19.1. The van der Waals surface area contributed by atoms with E-state index in [-0.39, 0.29) is 48.2 Å². The molecule has 3 amide bonds. The maximum atomic E-state index is 15.2. The highest BCUT2D eigenvalue weighted by Gasteiger charge is 2.45. The van der Waals surface area contributed by atoms with Crippen molar-refractivity contribution < 1.29 is 23.3 Å². The Balaban J connectivity index is 1.04. The van der Waals surface area contributed by atoms with Gasteiger partial charge in [0.05, 0.1) is 22.9 Å². The first-order valence-corrected chi connectivity index (χ1v) is 18.0. The number of anilines is 3. The predicted octanol–water partition coefficient (Wildman–Crippen LogP) is 7.39. The molecule has 1 saturated carbocycles. The lowest BCUT2D eigenvalue weighted by molar-refractivity contribution is -0.136. The molecule has 10 nitrogen and oxygen atoms in total. The summed E-state index contributed by atoms with van der Waals surface area (Å²) in [6.07, 6.45) is 3.82. The van der Waals surface area contributed by atoms with Crippen LogP contribution in [0.3, 0.4) is 0 Å². The van der Waals surface area contributed by atoms with Gasteiger partial charge in [0.1, 0.15) is 17.6 Å². The molecule has 2 aliphatic heterocycles. The SMILES string of the molecule is Cc1ccc(-c2c(C)noc2C)cc1N(CCC(C)CCNc1cc2c(cc1F)CN(C1CCC(=O)NC1=O)C2=O)c1ccc(C2(C#N)CC2)cc1. The normalized spacial score (nSPS) is 18.1. The number of fused-ring (bicyclic) bond motifs is 1. The molecule has 4 aromatic rings. The summed E-state index contributed by atoms with van der Waals surface area (Å²) < 4.78 is 20.7. The van der Waals surface area contributed by atoms with Crippen molar-refractivity contribution in [2.24, 2.45) is 5.92 Å². The number of carbonyl (C=O) groups excluding carboxylic acids is 3. The number of aromatic nitrogens is 1. The number of hydrogen-bond donors (Lipinski definition) is 2. The van der Waals surface area contributed by atoms with Crippen molar-refractivity contribution in [2.75, 3.05) is 23.3 Å². The number of hydrogen-bond acceptors (Lipinski definition) is 8. The Hall–Kier alpha value is -5.50. The minimum absolute atomic E-state index is 0.133. The first kappa shape index (κ1) is 34.9. The van der Waals surface area contributed by atoms with E-state index in [1.165, 1.54) is 11.0 Å². The molecule has 3 aliphatic rings. The van der Waals surface area contributed by atoms with E-state index < -0.39 is 17.8 Å². The minimum Gasteiger partial charge on any atom is -0.383 e. The quantitative estimate of drug-likeness (QED) is 0.146. The number of benzene rings is 3. The summed E-state index contributed by atoms with van der Waals surface area (Å²) in [6.45, 7) is 9.53. The Labute approximate surface area is 303 Å². The molecular weight excluding hydrogens is 659 g/mol. The van der Waals surface area contributed by atoms with Crippen molar-refractivity contribution in [1.29, 1.82) is 5.26 Å². The van der Waals surface area contributed by atoms with Crippen LogP contribution in [0, 0.1) is 43.8 Å². The second-order valence-electron chi connectivity index (χ2n) is 14.6. The maximum Gasteiger partial charge on any atom is 0.255 e. The molecule has 2 fully saturated rings. The number of amides is 3. The molecule has 52 heavy (non-hydrogen) atoms. The zero-order chi connectivity index (χ0) is 36.7. The van der Waals surface area contributed by atoms with Crippen molar-refractivity contribution in [1.82, 2.24) is 15.4 Å². The number of nitriles is 1. The lowest BCUT2D eigenvalue weighted by Gasteiger charge is -2.29. The van der Waals surface area contributed by atoms with Gasteiger partial charge in [0, 0.05) is 48.6 Å². The van der Waals surface area contributed by atoms with Gasteiger partial charge < -0.3 is 19.6 Å². The van der Waals surface area contributed by atoms with Gasteiger partial charge in [-0.15, -0.1) is 0 Å². The third-order valence-electron chi connectivity index (χ3n) is 10.9. The van der Waals surface area contributed by atoms with Crippen molar-refractivity contribution in [3.8, 4) is 17.2 Å². The number of aryl methyl sites for hydroxylation is 3. The molecule has 268 valence electrons. The Kier molecular flexibility index (Phi) is 9.34. The van der Waals surface area contributed by atoms with Crippen LogP contribution in [0.4, 0.5) is 21.5 Å². The Morgan fingerprint density at radius 3 is 2.54 bits per heavy atom. The van der Waals surface area contributed by atoms with Crippen LogP contribution < -0.4 is 15.5 Å². The molecule has 2 N–H and O–H groups in total. The van der Waals surface area contributed by atoms with E-state index in [0.717, 1.165) is 77.3 Å². The van der Waals surface area contributed by atoms with Crippen molar-refractivity contribution in [3.63, 3.8) is 0 Å². The van der Waals surface area contributed by atoms with E-state index in [1.54, 1.807) is 6.07 Å². The largest absolute Gasteiger partial charge is 0.383 e. The zero-order valence-electron chi connectivity index (χ0n) is 30.0. The number of nitrogens with zero attached hydrogens (tertiary/aromatic N) is 4. The molecule has 2 unspecified atom stereocenters. The minimum atomic E-state index is -0.745. The summed E-state index contributed by atoms with van der Waals surface area (Å²) >= 11 is 0. The molecule has 1 saturated heterocycles. The summed E-state index contributed by atoms with van der Waals surface area (Å²) in [5, 5.41) is 19.4. The van der Waals surface area contributed by atoms with Gasteiger partial charge in [-0.2, -0.15) is 5.26 Å². The fourth-order valence-corrected chi connectivity index (χ4v) is 7.56. The van der Waals surface area contributed by atoms with Crippen LogP contribution in [-0.2, 0) is 21.5 Å². The van der Waals surface area contributed by atoms with E-state index >= 15 is 4.39 Å². The number of nitrogens with one attached hydrogen (secondary N) is 2. The highest BCUT2D eigenvalue weighted by molar-refractivity contribution is 6.05. The first-order valence-electron chi connectivity index (χ1n) is 18.0. The monoisotopic (exact) mass is 702 g/mol. The number of rotatable bonds is 12. The third-order valence-corrected chi connectivity index (χ3v) is 10.9. The van der Waals surface area contributed by atoms with Crippen LogP contribution in [0.25, 0.3) is 11.1 Å². The molecule has 7 rings (SSSR count). The van der Waals surface area contributed by atoms with Crippen molar-refractivity contribution in [2.45, 2.75) is 84.2 Å². The van der Waals surface area contributed by atoms with E-state index in [1.807, 2.05) is 13.8 Å². The van der Waals surface area contributed by atoms with Crippen LogP contribution in [0.1, 0.15) is 84.0 Å². The lowest BCUT2D eigenvalue weighted by atomic mass is 9.96. The van der Waals surface area contributed by atoms with Crippen molar-refractivity contribution in [3.05, 3.63) is 94.1 Å². The van der Waals surface area contributed by atoms with Crippen LogP contribution in [0.2, 0.25) is 0 Å². The fraction of sp³-hybridized carbons (Fsp3) is 0.390. The van der Waals surface area contributed by atoms with Gasteiger partial charge in [0.25, 0.3) is 5.91 Å². The topological polar surface area (TPSA) is 132 Å². The second kappa shape index (κ2) is 13.9. The number of piperidine rings is 1. The third kappa shape index (κ3) is 6.65. The smallest absolute Gasteiger partial charge is 0.255 e. The summed E-state index contributed by atoms with van der Waals surface area (Å²) in [7, 11) is 0. The zero-order valence-corrected chi connectivity index (χ0v) is 30.0. The molecule has 0 radical (unpaired) electrons. The van der Waals surface area contributed by atoms with Gasteiger partial charge in [-0.3, -0.25) is 19.7 Å². The molecule has 0 spiro atoms. The summed E-state index contributed by atoms with van der Waals surface area (Å²) in [6, 6.07) is 19.5. The molecule has 2 atom stereocenters. The van der Waals surface area contributed by atoms with E-state index in [4.69, 9.17) is 4.52 Å².